The van der Waals surface area contributed by atoms with Gasteiger partial charge in [0.2, 0.25) is 11.8 Å². The molecule has 2 saturated carbocycles. The standard InChI is InChI=1S/C45H49N5O4/c1-27(2)42(49-45(53)54-3)44(52)50-21-7-10-39(50)37-23-34(25-46-37)30-15-11-28(12-16-30)29-13-17-31(18-14-29)35-24-38(47-26-35)40-32-19-20-33(22-32)41(40)43(51)48-36-8-5-4-6-9-36/h4-6,8-9,11-18,25-27,32-33,39-42H,7,10,19-24H2,1-3H3,(H,48,51)(H,49,53)/t32?,33?,39-,40+,41-,42-/m0/s1. The number of alkyl carbamates (subject to hydrolysis) is 1. The Labute approximate surface area is 317 Å². The number of rotatable bonds is 10. The molecule has 3 aliphatic heterocycles. The van der Waals surface area contributed by atoms with Gasteiger partial charge in [-0.3, -0.25) is 19.6 Å². The van der Waals surface area contributed by atoms with Crippen LogP contribution in [0.2, 0.25) is 0 Å². The quantitative estimate of drug-likeness (QED) is 0.219. The van der Waals surface area contributed by atoms with Crippen LogP contribution < -0.4 is 10.6 Å². The van der Waals surface area contributed by atoms with E-state index in [4.69, 9.17) is 14.7 Å². The molecule has 5 aliphatic rings. The number of carbonyl (C=O) groups is 3. The third kappa shape index (κ3) is 7.04. The van der Waals surface area contributed by atoms with Gasteiger partial charge in [0.15, 0.2) is 0 Å². The Kier molecular flexibility index (Phi) is 10.1. The van der Waals surface area contributed by atoms with Crippen LogP contribution in [0.15, 0.2) is 101 Å². The Morgan fingerprint density at radius 1 is 0.759 bits per heavy atom. The number of benzene rings is 3. The van der Waals surface area contributed by atoms with Crippen LogP contribution in [0.3, 0.4) is 0 Å². The van der Waals surface area contributed by atoms with Crippen molar-refractivity contribution >= 4 is 46.2 Å². The lowest BCUT2D eigenvalue weighted by atomic mass is 9.75. The zero-order chi connectivity index (χ0) is 37.3. The molecule has 54 heavy (non-hydrogen) atoms. The lowest BCUT2D eigenvalue weighted by Gasteiger charge is -2.31. The summed E-state index contributed by atoms with van der Waals surface area (Å²) in [6.45, 7) is 4.51. The van der Waals surface area contributed by atoms with E-state index in [0.29, 0.717) is 24.8 Å². The summed E-state index contributed by atoms with van der Waals surface area (Å²) in [5, 5.41) is 5.92. The predicted molar refractivity (Wildman–Crippen MR) is 214 cm³/mol. The van der Waals surface area contributed by atoms with Crippen LogP contribution in [0.25, 0.3) is 22.3 Å². The van der Waals surface area contributed by atoms with Gasteiger partial charge in [-0.15, -0.1) is 0 Å². The van der Waals surface area contributed by atoms with E-state index >= 15 is 0 Å². The summed E-state index contributed by atoms with van der Waals surface area (Å²) in [5.74, 6) is 1.16. The largest absolute Gasteiger partial charge is 0.453 e. The first-order valence-electron chi connectivity index (χ1n) is 19.5. The highest BCUT2D eigenvalue weighted by molar-refractivity contribution is 6.05. The van der Waals surface area contributed by atoms with E-state index in [1.165, 1.54) is 30.4 Å². The van der Waals surface area contributed by atoms with Crippen LogP contribution in [0.1, 0.15) is 69.9 Å². The molecule has 3 fully saturated rings. The molecule has 3 aromatic rings. The fourth-order valence-corrected chi connectivity index (χ4v) is 9.56. The van der Waals surface area contributed by atoms with E-state index in [2.05, 4.69) is 59.2 Å². The van der Waals surface area contributed by atoms with Crippen LogP contribution in [0.5, 0.6) is 0 Å². The Bertz CT molecular complexity index is 2030. The molecule has 6 atom stereocenters. The Balaban J connectivity index is 0.872. The molecule has 9 heteroatoms. The molecular formula is C45H49N5O4. The highest BCUT2D eigenvalue weighted by Gasteiger charge is 2.53. The number of hydrogen-bond donors (Lipinski definition) is 2. The second-order valence-electron chi connectivity index (χ2n) is 15.8. The molecule has 0 aromatic heterocycles. The molecule has 8 rings (SSSR count). The molecule has 2 bridgehead atoms. The van der Waals surface area contributed by atoms with Crippen molar-refractivity contribution in [2.45, 2.75) is 70.9 Å². The molecule has 3 heterocycles. The fraction of sp³-hybridized carbons (Fsp3) is 0.400. The molecule has 0 spiro atoms. The van der Waals surface area contributed by atoms with Gasteiger partial charge >= 0.3 is 6.09 Å². The smallest absolute Gasteiger partial charge is 0.407 e. The molecule has 9 nitrogen and oxygen atoms in total. The average molecular weight is 724 g/mol. The minimum Gasteiger partial charge on any atom is -0.453 e. The molecule has 2 unspecified atom stereocenters. The van der Waals surface area contributed by atoms with E-state index in [1.54, 1.807) is 0 Å². The number of para-hydroxylation sites is 1. The molecule has 0 radical (unpaired) electrons. The second kappa shape index (κ2) is 15.2. The van der Waals surface area contributed by atoms with Gasteiger partial charge < -0.3 is 20.3 Å². The number of ether oxygens (including phenoxy) is 1. The maximum Gasteiger partial charge on any atom is 0.407 e. The van der Waals surface area contributed by atoms with E-state index in [-0.39, 0.29) is 35.6 Å². The van der Waals surface area contributed by atoms with Gasteiger partial charge in [-0.1, -0.05) is 80.6 Å². The van der Waals surface area contributed by atoms with E-state index in [1.807, 2.05) is 61.5 Å². The van der Waals surface area contributed by atoms with E-state index < -0.39 is 12.1 Å². The maximum absolute atomic E-state index is 13.6. The van der Waals surface area contributed by atoms with Crippen molar-refractivity contribution in [3.8, 4) is 11.1 Å². The monoisotopic (exact) mass is 723 g/mol. The molecule has 1 saturated heterocycles. The van der Waals surface area contributed by atoms with Gasteiger partial charge in [-0.05, 0) is 95.4 Å². The predicted octanol–water partition coefficient (Wildman–Crippen LogP) is 8.40. The third-order valence-electron chi connectivity index (χ3n) is 12.3. The number of nitrogens with zero attached hydrogens (tertiary/aromatic N) is 3. The summed E-state index contributed by atoms with van der Waals surface area (Å²) in [4.78, 5) is 50.7. The highest BCUT2D eigenvalue weighted by atomic mass is 16.5. The first-order chi connectivity index (χ1) is 26.3. The number of hydrogen-bond acceptors (Lipinski definition) is 6. The molecular weight excluding hydrogens is 675 g/mol. The molecule has 278 valence electrons. The molecule has 3 aromatic carbocycles. The highest BCUT2D eigenvalue weighted by Crippen LogP contribution is 2.54. The first-order valence-corrected chi connectivity index (χ1v) is 19.5. The minimum absolute atomic E-state index is 0.0140. The number of allylic oxidation sites excluding steroid dienone is 2. The van der Waals surface area contributed by atoms with Crippen LogP contribution in [-0.4, -0.2) is 60.0 Å². The third-order valence-corrected chi connectivity index (χ3v) is 12.3. The number of anilines is 1. The van der Waals surface area contributed by atoms with Gasteiger partial charge in [0.05, 0.1) is 13.2 Å². The van der Waals surface area contributed by atoms with Gasteiger partial charge in [0.25, 0.3) is 0 Å². The van der Waals surface area contributed by atoms with Crippen molar-refractivity contribution < 1.29 is 19.1 Å². The summed E-state index contributed by atoms with van der Waals surface area (Å²) >= 11 is 0. The van der Waals surface area contributed by atoms with Crippen molar-refractivity contribution in [2.24, 2.45) is 39.6 Å². The zero-order valence-electron chi connectivity index (χ0n) is 31.3. The minimum atomic E-state index is -0.644. The maximum atomic E-state index is 13.6. The van der Waals surface area contributed by atoms with E-state index in [9.17, 15) is 14.4 Å². The Hall–Kier alpha value is -5.31. The topological polar surface area (TPSA) is 112 Å². The second-order valence-corrected chi connectivity index (χ2v) is 15.8. The number of likely N-dealkylation sites (tertiary alicyclic amines) is 1. The molecule has 2 N–H and O–H groups in total. The SMILES string of the molecule is COC(=O)N[C@H](C(=O)N1CCC[C@H]1C1=NC=C(c2ccc(-c3ccc(C4=CN=C([C@H]5C6CCC(C6)[C@@H]5C(=O)Nc5ccccc5)C4)cc3)cc2)C1)C(C)C. The van der Waals surface area contributed by atoms with Crippen LogP contribution in [0.4, 0.5) is 10.5 Å². The summed E-state index contributed by atoms with van der Waals surface area (Å²) in [6.07, 6.45) is 10.1. The van der Waals surface area contributed by atoms with Gasteiger partial charge in [-0.2, -0.15) is 0 Å². The zero-order valence-corrected chi connectivity index (χ0v) is 31.3. The summed E-state index contributed by atoms with van der Waals surface area (Å²) in [7, 11) is 1.31. The lowest BCUT2D eigenvalue weighted by Crippen LogP contribution is -2.53. The van der Waals surface area contributed by atoms with Crippen molar-refractivity contribution in [3.63, 3.8) is 0 Å². The van der Waals surface area contributed by atoms with Gasteiger partial charge in [0.1, 0.15) is 6.04 Å². The molecule has 3 amide bonds. The van der Waals surface area contributed by atoms with Crippen LogP contribution in [-0.2, 0) is 14.3 Å². The summed E-state index contributed by atoms with van der Waals surface area (Å²) < 4.78 is 4.78. The summed E-state index contributed by atoms with van der Waals surface area (Å²) in [6, 6.07) is 26.4. The van der Waals surface area contributed by atoms with Crippen molar-refractivity contribution in [1.82, 2.24) is 10.2 Å². The number of nitrogens with one attached hydrogen (secondary N) is 2. The van der Waals surface area contributed by atoms with Crippen molar-refractivity contribution in [1.29, 1.82) is 0 Å². The Morgan fingerprint density at radius 3 is 1.98 bits per heavy atom. The lowest BCUT2D eigenvalue weighted by molar-refractivity contribution is -0.134. The molecule has 2 aliphatic carbocycles. The average Bonchev–Trinajstić information content (AvgIpc) is 4.05. The fourth-order valence-electron chi connectivity index (χ4n) is 9.56. The number of aliphatic imine (C=N–C) groups is 2. The van der Waals surface area contributed by atoms with Crippen molar-refractivity contribution in [3.05, 3.63) is 102 Å². The Morgan fingerprint density at radius 2 is 1.35 bits per heavy atom. The number of methoxy groups -OCH3 is 1. The van der Waals surface area contributed by atoms with Crippen LogP contribution >= 0.6 is 0 Å². The van der Waals surface area contributed by atoms with Crippen molar-refractivity contribution in [2.75, 3.05) is 19.0 Å². The van der Waals surface area contributed by atoms with Crippen LogP contribution in [0, 0.1) is 29.6 Å². The number of fused-ring (bicyclic) bond motifs is 2. The van der Waals surface area contributed by atoms with Gasteiger partial charge in [-0.25, -0.2) is 4.79 Å². The number of amides is 3. The first kappa shape index (κ1) is 35.7. The summed E-state index contributed by atoms with van der Waals surface area (Å²) in [5.41, 5.74) is 9.95. The normalized spacial score (nSPS) is 24.9. The van der Waals surface area contributed by atoms with E-state index in [0.717, 1.165) is 65.8 Å². The van der Waals surface area contributed by atoms with Gasteiger partial charge in [0, 0.05) is 60.7 Å². The number of carbonyl (C=O) groups excluding carboxylic acids is 3.